The summed E-state index contributed by atoms with van der Waals surface area (Å²) in [6.07, 6.45) is 1.76. The monoisotopic (exact) mass is 363 g/mol. The molecule has 2 heterocycles. The average molecular weight is 363 g/mol. The van der Waals surface area contributed by atoms with E-state index in [0.29, 0.717) is 20.9 Å². The molecule has 128 valence electrons. The van der Waals surface area contributed by atoms with Crippen molar-refractivity contribution in [2.75, 3.05) is 7.11 Å². The Morgan fingerprint density at radius 2 is 1.85 bits per heavy atom. The number of rotatable bonds is 3. The van der Waals surface area contributed by atoms with Gasteiger partial charge in [0.2, 0.25) is 4.96 Å². The Labute approximate surface area is 152 Å². The second kappa shape index (κ2) is 6.53. The SMILES string of the molecule is COC(=O)c1ccc(C=c2sc3nc(-c4ccccc4)nn3c2=O)cc1. The number of carbonyl (C=O) groups excluding carboxylic acids is 1. The quantitative estimate of drug-likeness (QED) is 0.522. The summed E-state index contributed by atoms with van der Waals surface area (Å²) in [5.74, 6) is 0.135. The van der Waals surface area contributed by atoms with Crippen molar-refractivity contribution in [3.05, 3.63) is 80.6 Å². The molecular formula is C19H13N3O3S. The fourth-order valence-corrected chi connectivity index (χ4v) is 3.44. The third kappa shape index (κ3) is 2.89. The molecule has 0 bridgehead atoms. The smallest absolute Gasteiger partial charge is 0.337 e. The van der Waals surface area contributed by atoms with Crippen LogP contribution in [0.1, 0.15) is 15.9 Å². The highest BCUT2D eigenvalue weighted by Crippen LogP contribution is 2.15. The van der Waals surface area contributed by atoms with Gasteiger partial charge < -0.3 is 4.74 Å². The third-order valence-corrected chi connectivity index (χ3v) is 4.80. The van der Waals surface area contributed by atoms with Crippen LogP contribution < -0.4 is 10.1 Å². The van der Waals surface area contributed by atoms with Crippen LogP contribution in [0.2, 0.25) is 0 Å². The highest BCUT2D eigenvalue weighted by molar-refractivity contribution is 7.15. The molecule has 0 spiro atoms. The predicted molar refractivity (Wildman–Crippen MR) is 99.1 cm³/mol. The number of methoxy groups -OCH3 is 1. The number of thiazole rings is 1. The van der Waals surface area contributed by atoms with E-state index in [1.54, 1.807) is 30.3 Å². The Morgan fingerprint density at radius 3 is 2.50 bits per heavy atom. The van der Waals surface area contributed by atoms with Gasteiger partial charge in [0.1, 0.15) is 0 Å². The minimum atomic E-state index is -0.395. The first kappa shape index (κ1) is 16.2. The number of ether oxygens (including phenoxy) is 1. The van der Waals surface area contributed by atoms with Crippen molar-refractivity contribution in [1.82, 2.24) is 14.6 Å². The summed E-state index contributed by atoms with van der Waals surface area (Å²) < 4.78 is 6.53. The van der Waals surface area contributed by atoms with E-state index in [4.69, 9.17) is 0 Å². The lowest BCUT2D eigenvalue weighted by molar-refractivity contribution is 0.0600. The molecule has 6 nitrogen and oxygen atoms in total. The Bertz CT molecular complexity index is 1190. The van der Waals surface area contributed by atoms with E-state index in [1.807, 2.05) is 30.3 Å². The van der Waals surface area contributed by atoms with Gasteiger partial charge in [-0.2, -0.15) is 9.50 Å². The molecule has 0 fully saturated rings. The number of fused-ring (bicyclic) bond motifs is 1. The van der Waals surface area contributed by atoms with Gasteiger partial charge >= 0.3 is 5.97 Å². The summed E-state index contributed by atoms with van der Waals surface area (Å²) in [5, 5.41) is 4.32. The standard InChI is InChI=1S/C19H13N3O3S/c1-25-18(24)14-9-7-12(8-10-14)11-15-17(23)22-19(26-15)20-16(21-22)13-5-3-2-4-6-13/h2-11H,1H3. The molecule has 0 radical (unpaired) electrons. The molecule has 2 aromatic heterocycles. The number of hydrogen-bond donors (Lipinski definition) is 0. The summed E-state index contributed by atoms with van der Waals surface area (Å²) >= 11 is 1.28. The molecule has 0 aliphatic carbocycles. The van der Waals surface area contributed by atoms with E-state index >= 15 is 0 Å². The molecule has 4 rings (SSSR count). The Morgan fingerprint density at radius 1 is 1.12 bits per heavy atom. The second-order valence-electron chi connectivity index (χ2n) is 5.53. The van der Waals surface area contributed by atoms with Gasteiger partial charge in [-0.05, 0) is 23.8 Å². The van der Waals surface area contributed by atoms with Crippen molar-refractivity contribution < 1.29 is 9.53 Å². The normalized spacial score (nSPS) is 11.8. The molecule has 26 heavy (non-hydrogen) atoms. The molecular weight excluding hydrogens is 350 g/mol. The Balaban J connectivity index is 1.72. The van der Waals surface area contributed by atoms with Gasteiger partial charge in [-0.1, -0.05) is 53.8 Å². The van der Waals surface area contributed by atoms with Gasteiger partial charge in [0.25, 0.3) is 5.56 Å². The van der Waals surface area contributed by atoms with Crippen LogP contribution in [0.25, 0.3) is 22.4 Å². The van der Waals surface area contributed by atoms with E-state index in [9.17, 15) is 9.59 Å². The molecule has 0 saturated carbocycles. The van der Waals surface area contributed by atoms with Crippen molar-refractivity contribution in [3.8, 4) is 11.4 Å². The summed E-state index contributed by atoms with van der Waals surface area (Å²) in [5.41, 5.74) is 1.92. The summed E-state index contributed by atoms with van der Waals surface area (Å²) in [6.45, 7) is 0. The van der Waals surface area contributed by atoms with Crippen LogP contribution in [-0.2, 0) is 4.74 Å². The summed E-state index contributed by atoms with van der Waals surface area (Å²) in [4.78, 5) is 29.0. The molecule has 0 aliphatic heterocycles. The first-order chi connectivity index (χ1) is 12.7. The maximum atomic E-state index is 12.6. The van der Waals surface area contributed by atoms with E-state index in [-0.39, 0.29) is 5.56 Å². The van der Waals surface area contributed by atoms with Crippen molar-refractivity contribution in [2.24, 2.45) is 0 Å². The molecule has 2 aromatic carbocycles. The zero-order chi connectivity index (χ0) is 18.1. The zero-order valence-corrected chi connectivity index (χ0v) is 14.6. The molecule has 0 amide bonds. The number of nitrogens with zero attached hydrogens (tertiary/aromatic N) is 3. The zero-order valence-electron chi connectivity index (χ0n) is 13.7. The summed E-state index contributed by atoms with van der Waals surface area (Å²) in [7, 11) is 1.34. The van der Waals surface area contributed by atoms with Gasteiger partial charge in [0.05, 0.1) is 17.2 Å². The molecule has 0 atom stereocenters. The van der Waals surface area contributed by atoms with E-state index in [1.165, 1.54) is 23.0 Å². The number of esters is 1. The number of benzene rings is 2. The molecule has 0 unspecified atom stereocenters. The number of aromatic nitrogens is 3. The van der Waals surface area contributed by atoms with Crippen molar-refractivity contribution in [1.29, 1.82) is 0 Å². The van der Waals surface area contributed by atoms with Gasteiger partial charge in [-0.25, -0.2) is 4.79 Å². The van der Waals surface area contributed by atoms with Crippen LogP contribution in [0, 0.1) is 0 Å². The molecule has 0 aliphatic rings. The first-order valence-corrected chi connectivity index (χ1v) is 8.62. The van der Waals surface area contributed by atoms with Gasteiger partial charge in [-0.15, -0.1) is 5.10 Å². The fraction of sp³-hybridized carbons (Fsp3) is 0.0526. The minimum absolute atomic E-state index is 0.211. The molecule has 0 saturated heterocycles. The van der Waals surface area contributed by atoms with Crippen molar-refractivity contribution >= 4 is 28.3 Å². The number of hydrogen-bond acceptors (Lipinski definition) is 6. The second-order valence-corrected chi connectivity index (χ2v) is 6.53. The lowest BCUT2D eigenvalue weighted by Gasteiger charge is -1.98. The van der Waals surface area contributed by atoms with Crippen molar-refractivity contribution in [3.63, 3.8) is 0 Å². The van der Waals surface area contributed by atoms with Crippen LogP contribution in [0.5, 0.6) is 0 Å². The maximum Gasteiger partial charge on any atom is 0.337 e. The molecule has 4 aromatic rings. The fourth-order valence-electron chi connectivity index (χ4n) is 2.53. The maximum absolute atomic E-state index is 12.6. The predicted octanol–water partition coefficient (Wildman–Crippen LogP) is 2.15. The Kier molecular flexibility index (Phi) is 4.06. The van der Waals surface area contributed by atoms with Crippen molar-refractivity contribution in [2.45, 2.75) is 0 Å². The Hall–Kier alpha value is -3.32. The molecule has 7 heteroatoms. The lowest BCUT2D eigenvalue weighted by Crippen LogP contribution is -2.23. The van der Waals surface area contributed by atoms with E-state index in [0.717, 1.165) is 11.1 Å². The minimum Gasteiger partial charge on any atom is -0.465 e. The largest absolute Gasteiger partial charge is 0.465 e. The van der Waals surface area contributed by atoms with Crippen LogP contribution >= 0.6 is 11.3 Å². The highest BCUT2D eigenvalue weighted by atomic mass is 32.1. The van der Waals surface area contributed by atoms with Crippen LogP contribution in [0.4, 0.5) is 0 Å². The van der Waals surface area contributed by atoms with Gasteiger partial charge in [0.15, 0.2) is 5.82 Å². The van der Waals surface area contributed by atoms with Gasteiger partial charge in [-0.3, -0.25) is 4.79 Å². The summed E-state index contributed by atoms with van der Waals surface area (Å²) in [6, 6.07) is 16.4. The van der Waals surface area contributed by atoms with Crippen LogP contribution in [0.15, 0.2) is 59.4 Å². The highest BCUT2D eigenvalue weighted by Gasteiger charge is 2.11. The molecule has 0 N–H and O–H groups in total. The first-order valence-electron chi connectivity index (χ1n) is 7.81. The van der Waals surface area contributed by atoms with Crippen LogP contribution in [-0.4, -0.2) is 27.7 Å². The lowest BCUT2D eigenvalue weighted by atomic mass is 10.1. The number of carbonyl (C=O) groups is 1. The van der Waals surface area contributed by atoms with E-state index < -0.39 is 5.97 Å². The average Bonchev–Trinajstić information content (AvgIpc) is 3.22. The van der Waals surface area contributed by atoms with Gasteiger partial charge in [0, 0.05) is 5.56 Å². The van der Waals surface area contributed by atoms with E-state index in [2.05, 4.69) is 14.8 Å². The third-order valence-electron chi connectivity index (χ3n) is 3.84. The van der Waals surface area contributed by atoms with Crippen LogP contribution in [0.3, 0.4) is 0 Å². The topological polar surface area (TPSA) is 73.6 Å².